The zero-order valence-electron chi connectivity index (χ0n) is 13.4. The van der Waals surface area contributed by atoms with Gasteiger partial charge in [0.2, 0.25) is 0 Å². The van der Waals surface area contributed by atoms with Crippen molar-refractivity contribution in [2.24, 2.45) is 0 Å². The van der Waals surface area contributed by atoms with Crippen LogP contribution in [0.25, 0.3) is 11.3 Å². The molecule has 0 aliphatic carbocycles. The number of rotatable bonds is 4. The molecule has 4 rings (SSSR count). The Morgan fingerprint density at radius 2 is 2.21 bits per heavy atom. The summed E-state index contributed by atoms with van der Waals surface area (Å²) in [5, 5.41) is 7.09. The van der Waals surface area contributed by atoms with Gasteiger partial charge in [-0.3, -0.25) is 10.00 Å². The Morgan fingerprint density at radius 1 is 1.29 bits per heavy atom. The van der Waals surface area contributed by atoms with E-state index in [4.69, 9.17) is 0 Å². The normalized spacial score (nSPS) is 18.8. The predicted octanol–water partition coefficient (Wildman–Crippen LogP) is 3.32. The number of nitrogens with zero attached hydrogens (tertiary/aromatic N) is 3. The van der Waals surface area contributed by atoms with Gasteiger partial charge in [-0.2, -0.15) is 5.10 Å². The molecule has 0 bridgehead atoms. The Bertz CT molecular complexity index is 795. The molecule has 1 saturated heterocycles. The molecule has 1 atom stereocenters. The summed E-state index contributed by atoms with van der Waals surface area (Å²) in [5.41, 5.74) is 2.37. The quantitative estimate of drug-likeness (QED) is 0.773. The van der Waals surface area contributed by atoms with Gasteiger partial charge in [-0.05, 0) is 31.5 Å². The number of benzene rings is 1. The fraction of sp³-hybridized carbons (Fsp3) is 0.333. The van der Waals surface area contributed by atoms with E-state index < -0.39 is 0 Å². The van der Waals surface area contributed by atoms with E-state index in [2.05, 4.69) is 25.1 Å². The highest BCUT2D eigenvalue weighted by Crippen LogP contribution is 2.28. The Kier molecular flexibility index (Phi) is 4.13. The number of hydrogen-bond acceptors (Lipinski definition) is 3. The molecule has 1 fully saturated rings. The molecule has 124 valence electrons. The summed E-state index contributed by atoms with van der Waals surface area (Å²) in [5.74, 6) is 1.26. The van der Waals surface area contributed by atoms with Crippen LogP contribution in [0.2, 0.25) is 0 Å². The van der Waals surface area contributed by atoms with Gasteiger partial charge >= 0.3 is 0 Å². The van der Waals surface area contributed by atoms with Crippen LogP contribution in [0.4, 0.5) is 4.39 Å². The topological polar surface area (TPSA) is 60.6 Å². The van der Waals surface area contributed by atoms with Crippen molar-refractivity contribution in [2.45, 2.75) is 25.3 Å². The standard InChI is InChI=1S/C18H20FN5/c19-16-6-2-1-5-15(16)17-14(10-22-23-17)12-24-9-3-4-13(11-24)18-20-7-8-21-18/h1-2,5-8,10,13H,3-4,9,11-12H2,(H,20,21)(H,22,23)/t13-/m0/s1. The van der Waals surface area contributed by atoms with Crippen molar-refractivity contribution < 1.29 is 4.39 Å². The van der Waals surface area contributed by atoms with Crippen LogP contribution in [0.3, 0.4) is 0 Å². The van der Waals surface area contributed by atoms with E-state index in [-0.39, 0.29) is 5.82 Å². The third-order valence-corrected chi connectivity index (χ3v) is 4.67. The summed E-state index contributed by atoms with van der Waals surface area (Å²) in [7, 11) is 0. The van der Waals surface area contributed by atoms with Gasteiger partial charge < -0.3 is 4.98 Å². The van der Waals surface area contributed by atoms with Gasteiger partial charge in [0.25, 0.3) is 0 Å². The first kappa shape index (κ1) is 15.1. The fourth-order valence-corrected chi connectivity index (χ4v) is 3.49. The first-order valence-corrected chi connectivity index (χ1v) is 8.30. The Balaban J connectivity index is 1.52. The molecule has 2 N–H and O–H groups in total. The maximum absolute atomic E-state index is 14.1. The summed E-state index contributed by atoms with van der Waals surface area (Å²) in [6.07, 6.45) is 7.77. The van der Waals surface area contributed by atoms with Crippen LogP contribution in [0.1, 0.15) is 30.1 Å². The molecule has 0 unspecified atom stereocenters. The van der Waals surface area contributed by atoms with Crippen LogP contribution in [0.15, 0.2) is 42.9 Å². The van der Waals surface area contributed by atoms with Crippen molar-refractivity contribution in [1.29, 1.82) is 0 Å². The second kappa shape index (κ2) is 6.57. The second-order valence-corrected chi connectivity index (χ2v) is 6.30. The van der Waals surface area contributed by atoms with Crippen molar-refractivity contribution in [3.8, 4) is 11.3 Å². The van der Waals surface area contributed by atoms with E-state index >= 15 is 0 Å². The molecule has 24 heavy (non-hydrogen) atoms. The lowest BCUT2D eigenvalue weighted by Gasteiger charge is -2.31. The van der Waals surface area contributed by atoms with Crippen LogP contribution >= 0.6 is 0 Å². The third kappa shape index (κ3) is 2.97. The number of aromatic amines is 2. The molecule has 1 aliphatic rings. The monoisotopic (exact) mass is 325 g/mol. The maximum Gasteiger partial charge on any atom is 0.132 e. The average molecular weight is 325 g/mol. The van der Waals surface area contributed by atoms with Crippen LogP contribution in [0.5, 0.6) is 0 Å². The molecular formula is C18H20FN5. The molecule has 5 nitrogen and oxygen atoms in total. The summed E-state index contributed by atoms with van der Waals surface area (Å²) in [6, 6.07) is 6.81. The van der Waals surface area contributed by atoms with E-state index in [0.29, 0.717) is 11.5 Å². The minimum Gasteiger partial charge on any atom is -0.348 e. The van der Waals surface area contributed by atoms with Gasteiger partial charge in [-0.25, -0.2) is 9.37 Å². The number of piperidine rings is 1. The SMILES string of the molecule is Fc1ccccc1-c1[nH]ncc1CN1CCC[C@H](c2ncc[nH]2)C1. The zero-order valence-corrected chi connectivity index (χ0v) is 13.4. The molecule has 1 aromatic carbocycles. The van der Waals surface area contributed by atoms with Crippen LogP contribution in [-0.4, -0.2) is 38.2 Å². The summed E-state index contributed by atoms with van der Waals surface area (Å²) < 4.78 is 14.1. The van der Waals surface area contributed by atoms with Crippen LogP contribution < -0.4 is 0 Å². The molecule has 0 saturated carbocycles. The van der Waals surface area contributed by atoms with Gasteiger partial charge in [0.15, 0.2) is 0 Å². The van der Waals surface area contributed by atoms with E-state index in [1.807, 2.05) is 12.3 Å². The van der Waals surface area contributed by atoms with Crippen molar-refractivity contribution in [3.63, 3.8) is 0 Å². The molecule has 2 aromatic heterocycles. The number of likely N-dealkylation sites (tertiary alicyclic amines) is 1. The molecule has 6 heteroatoms. The first-order valence-electron chi connectivity index (χ1n) is 8.30. The lowest BCUT2D eigenvalue weighted by molar-refractivity contribution is 0.197. The van der Waals surface area contributed by atoms with Crippen molar-refractivity contribution in [2.75, 3.05) is 13.1 Å². The second-order valence-electron chi connectivity index (χ2n) is 6.30. The molecule has 3 aromatic rings. The van der Waals surface area contributed by atoms with Gasteiger partial charge in [0, 0.05) is 42.5 Å². The Labute approximate surface area is 139 Å². The van der Waals surface area contributed by atoms with E-state index in [1.165, 1.54) is 6.07 Å². The number of aromatic nitrogens is 4. The van der Waals surface area contributed by atoms with Gasteiger partial charge in [0.05, 0.1) is 11.9 Å². The molecular weight excluding hydrogens is 305 g/mol. The molecule has 0 radical (unpaired) electrons. The van der Waals surface area contributed by atoms with Crippen molar-refractivity contribution >= 4 is 0 Å². The molecule has 1 aliphatic heterocycles. The Morgan fingerprint density at radius 3 is 3.04 bits per heavy atom. The number of imidazole rings is 1. The summed E-state index contributed by atoms with van der Waals surface area (Å²) in [4.78, 5) is 10.0. The van der Waals surface area contributed by atoms with Gasteiger partial charge in [-0.15, -0.1) is 0 Å². The number of hydrogen-bond donors (Lipinski definition) is 2. The highest BCUT2D eigenvalue weighted by molar-refractivity contribution is 5.63. The number of halogens is 1. The number of nitrogens with one attached hydrogen (secondary N) is 2. The summed E-state index contributed by atoms with van der Waals surface area (Å²) >= 11 is 0. The lowest BCUT2D eigenvalue weighted by atomic mass is 9.96. The highest BCUT2D eigenvalue weighted by atomic mass is 19.1. The van der Waals surface area contributed by atoms with Gasteiger partial charge in [-0.1, -0.05) is 12.1 Å². The lowest BCUT2D eigenvalue weighted by Crippen LogP contribution is -2.34. The molecule has 3 heterocycles. The smallest absolute Gasteiger partial charge is 0.132 e. The average Bonchev–Trinajstić information content (AvgIpc) is 3.27. The zero-order chi connectivity index (χ0) is 16.4. The molecule has 0 amide bonds. The summed E-state index contributed by atoms with van der Waals surface area (Å²) in [6.45, 7) is 2.76. The van der Waals surface area contributed by atoms with Crippen LogP contribution in [0, 0.1) is 5.82 Å². The van der Waals surface area contributed by atoms with Gasteiger partial charge in [0.1, 0.15) is 11.6 Å². The van der Waals surface area contributed by atoms with Crippen LogP contribution in [-0.2, 0) is 6.54 Å². The third-order valence-electron chi connectivity index (χ3n) is 4.67. The minimum absolute atomic E-state index is 0.227. The minimum atomic E-state index is -0.227. The maximum atomic E-state index is 14.1. The highest BCUT2D eigenvalue weighted by Gasteiger charge is 2.24. The first-order chi connectivity index (χ1) is 11.8. The largest absolute Gasteiger partial charge is 0.348 e. The number of H-pyrrole nitrogens is 2. The molecule has 0 spiro atoms. The Hall–Kier alpha value is -2.47. The van der Waals surface area contributed by atoms with Crippen molar-refractivity contribution in [3.05, 3.63) is 60.1 Å². The van der Waals surface area contributed by atoms with E-state index in [1.54, 1.807) is 24.5 Å². The van der Waals surface area contributed by atoms with Crippen molar-refractivity contribution in [1.82, 2.24) is 25.1 Å². The predicted molar refractivity (Wildman–Crippen MR) is 89.8 cm³/mol. The van der Waals surface area contributed by atoms with E-state index in [0.717, 1.165) is 49.6 Å². The van der Waals surface area contributed by atoms with E-state index in [9.17, 15) is 4.39 Å². The fourth-order valence-electron chi connectivity index (χ4n) is 3.49.